The average Bonchev–Trinajstić information content (AvgIpc) is 0.874. The standard InChI is InChI=1S/2C12H12N2.4C11H10N2.2C10H8N2/c2*1-7-8(2)11(5-13)10(4)12(6-14)9(7)3;1-7-8(2)10(5-12)4-11(6-13)9(7)3;2*1-7-4-10(5-12)8(2)9(3)11(7)6-13;1-7-4-10(5-12)9(3)11(6-13)8(7)2;2*1-7-8(2)10(6-12)4-3-9(7)5-11/h2*1-4H3;4*4H,1-3H3;2*3-4H,1-2H3/i;;4*4D;2*3D,4D. The summed E-state index contributed by atoms with van der Waals surface area (Å²) >= 11 is 0. The Kier molecular flexibility index (Phi) is 28.7. The first kappa shape index (κ1) is 73.8. The predicted octanol–water partition coefficient (Wildman–Crippen LogP) is 18.8. The predicted molar refractivity (Wildman–Crippen MR) is 401 cm³/mol. The summed E-state index contributed by atoms with van der Waals surface area (Å²) < 4.78 is 60.9. The molecule has 0 spiro atoms. The first-order chi connectivity index (χ1) is 52.3. The molecule has 8 rings (SSSR count). The van der Waals surface area contributed by atoms with Crippen LogP contribution in [0.5, 0.6) is 0 Å². The lowest BCUT2D eigenvalue weighted by atomic mass is 9.90. The highest BCUT2D eigenvalue weighted by atomic mass is 14.3. The molecule has 0 aliphatic rings. The Hall–Kier alpha value is -14.4. The lowest BCUT2D eigenvalue weighted by molar-refractivity contribution is 1.19. The zero-order chi connectivity index (χ0) is 87.0. The number of nitrogens with zero attached hydrogens (tertiary/aromatic N) is 16. The highest BCUT2D eigenvalue weighted by Crippen LogP contribution is 2.29. The van der Waals surface area contributed by atoms with Gasteiger partial charge in [-0.1, -0.05) is 0 Å². The molecule has 0 amide bonds. The summed E-state index contributed by atoms with van der Waals surface area (Å²) in [6.45, 7) is 43.3. The topological polar surface area (TPSA) is 381 Å². The molecule has 0 atom stereocenters. The van der Waals surface area contributed by atoms with Crippen LogP contribution in [-0.2, 0) is 0 Å². The molecule has 0 N–H and O–H groups in total. The Labute approximate surface area is 626 Å². The summed E-state index contributed by atoms with van der Waals surface area (Å²) in [7, 11) is 0. The van der Waals surface area contributed by atoms with Gasteiger partial charge in [0.05, 0.1) is 197 Å². The van der Waals surface area contributed by atoms with Crippen molar-refractivity contribution >= 4 is 0 Å². The van der Waals surface area contributed by atoms with Crippen molar-refractivity contribution in [3.63, 3.8) is 0 Å². The van der Waals surface area contributed by atoms with Gasteiger partial charge in [-0.2, -0.15) is 84.2 Å². The van der Waals surface area contributed by atoms with Gasteiger partial charge in [0.25, 0.3) is 0 Å². The van der Waals surface area contributed by atoms with Crippen LogP contribution in [0.2, 0.25) is 0 Å². The molecule has 0 saturated heterocycles. The largest absolute Gasteiger partial charge is 0.192 e. The zero-order valence-electron chi connectivity index (χ0n) is 71.2. The second kappa shape index (κ2) is 40.5. The van der Waals surface area contributed by atoms with Crippen molar-refractivity contribution in [2.45, 2.75) is 166 Å². The van der Waals surface area contributed by atoms with Crippen molar-refractivity contribution in [1.29, 1.82) is 84.2 Å². The van der Waals surface area contributed by atoms with E-state index >= 15 is 0 Å². The Morgan fingerprint density at radius 1 is 0.154 bits per heavy atom. The van der Waals surface area contributed by atoms with Crippen LogP contribution in [0.4, 0.5) is 0 Å². The third kappa shape index (κ3) is 20.4. The van der Waals surface area contributed by atoms with Crippen molar-refractivity contribution in [2.75, 3.05) is 0 Å². The summed E-state index contributed by atoms with van der Waals surface area (Å²) in [6, 6.07) is 32.2. The van der Waals surface area contributed by atoms with E-state index < -0.39 is 0 Å². The molecule has 512 valence electrons. The van der Waals surface area contributed by atoms with Crippen LogP contribution >= 0.6 is 0 Å². The number of hydrogen-bond acceptors (Lipinski definition) is 16. The minimum atomic E-state index is -0.160. The molecular formula is C88H80N16. The Balaban J connectivity index is 0.000000640. The Morgan fingerprint density at radius 2 is 0.317 bits per heavy atom. The monoisotopic (exact) mass is 1370 g/mol. The van der Waals surface area contributed by atoms with Crippen molar-refractivity contribution in [3.8, 4) is 97.1 Å². The van der Waals surface area contributed by atoms with E-state index in [1.807, 2.05) is 117 Å². The molecule has 16 heteroatoms. The van der Waals surface area contributed by atoms with Crippen molar-refractivity contribution in [2.24, 2.45) is 0 Å². The van der Waals surface area contributed by atoms with Crippen molar-refractivity contribution in [3.05, 3.63) is 271 Å². The summed E-state index contributed by atoms with van der Waals surface area (Å²) in [4.78, 5) is 0. The maximum absolute atomic E-state index is 8.98. The van der Waals surface area contributed by atoms with E-state index in [0.717, 1.165) is 89.0 Å². The molecule has 0 aromatic heterocycles. The molecular weight excluding hydrogens is 1280 g/mol. The summed E-state index contributed by atoms with van der Waals surface area (Å²) in [6.07, 6.45) is 0. The highest BCUT2D eigenvalue weighted by Gasteiger charge is 2.17. The fourth-order valence-electron chi connectivity index (χ4n) is 10.2. The molecule has 104 heavy (non-hydrogen) atoms. The maximum atomic E-state index is 8.98. The number of benzene rings is 8. The second-order valence-corrected chi connectivity index (χ2v) is 23.8. The summed E-state index contributed by atoms with van der Waals surface area (Å²) in [5, 5.41) is 142. The van der Waals surface area contributed by atoms with Gasteiger partial charge in [-0.05, 0) is 348 Å². The van der Waals surface area contributed by atoms with Gasteiger partial charge in [0.15, 0.2) is 0 Å². The SMILES string of the molecule is Cc1c(C)c(C#N)c(C)c(C#N)c1C.Cc1c(C)c(C#N)c(C)c(C#N)c1C.[2H]c1c(C#N)c(C)c(C)c(C)c1C#N.[2H]c1c(C)c(C#N)c(C)c(C)c1C#N.[2H]c1c(C)c(C#N)c(C)c(C)c1C#N.[2H]c1c(C)c(C)c(C#N)c(C)c1C#N.[2H]c1c([2H])c(C#N)c(C)c(C)c1C#N.[2H]c1c([2H])c(C#N)c(C)c(C)c1C#N. The van der Waals surface area contributed by atoms with Crippen molar-refractivity contribution in [1.82, 2.24) is 0 Å². The van der Waals surface area contributed by atoms with Gasteiger partial charge in [0.2, 0.25) is 0 Å². The van der Waals surface area contributed by atoms with Gasteiger partial charge < -0.3 is 0 Å². The normalized spacial score (nSPS) is 10.1. The fourth-order valence-corrected chi connectivity index (χ4v) is 10.2. The summed E-state index contributed by atoms with van der Waals surface area (Å²) in [5.41, 5.74) is 25.6. The lowest BCUT2D eigenvalue weighted by Gasteiger charge is -2.12. The molecule has 0 heterocycles. The van der Waals surface area contributed by atoms with Gasteiger partial charge in [-0.15, -0.1) is 0 Å². The van der Waals surface area contributed by atoms with Crippen LogP contribution in [0.25, 0.3) is 0 Å². The van der Waals surface area contributed by atoms with Crippen LogP contribution in [0.15, 0.2) is 48.3 Å². The van der Waals surface area contributed by atoms with Crippen LogP contribution in [0.1, 0.15) is 234 Å². The van der Waals surface area contributed by atoms with E-state index in [9.17, 15) is 0 Å². The zero-order valence-corrected chi connectivity index (χ0v) is 63.2. The molecule has 0 unspecified atom stereocenters. The number of nitriles is 16. The first-order valence-electron chi connectivity index (χ1n) is 35.6. The van der Waals surface area contributed by atoms with E-state index in [1.54, 1.807) is 104 Å². The van der Waals surface area contributed by atoms with Crippen LogP contribution in [0, 0.1) is 347 Å². The van der Waals surface area contributed by atoms with Crippen molar-refractivity contribution < 1.29 is 11.0 Å². The van der Waals surface area contributed by atoms with E-state index in [2.05, 4.69) is 42.5 Å². The molecule has 0 bridgehead atoms. The van der Waals surface area contributed by atoms with Crippen LogP contribution in [0.3, 0.4) is 0 Å². The van der Waals surface area contributed by atoms with E-state index in [1.165, 1.54) is 0 Å². The minimum Gasteiger partial charge on any atom is -0.192 e. The Morgan fingerprint density at radius 3 is 0.538 bits per heavy atom. The molecule has 8 aromatic rings. The van der Waals surface area contributed by atoms with Crippen LogP contribution < -0.4 is 0 Å². The molecule has 0 fully saturated rings. The van der Waals surface area contributed by atoms with E-state index in [-0.39, 0.29) is 70.6 Å². The fraction of sp³-hybridized carbons (Fsp3) is 0.273. The molecule has 16 nitrogen and oxygen atoms in total. The molecule has 0 aliphatic carbocycles. The average molecular weight is 1370 g/mol. The highest BCUT2D eigenvalue weighted by molar-refractivity contribution is 5.62. The van der Waals surface area contributed by atoms with Gasteiger partial charge in [0.1, 0.15) is 0 Å². The van der Waals surface area contributed by atoms with Gasteiger partial charge >= 0.3 is 0 Å². The third-order valence-corrected chi connectivity index (χ3v) is 18.4. The quantitative estimate of drug-likeness (QED) is 0.136. The second-order valence-electron chi connectivity index (χ2n) is 23.8. The van der Waals surface area contributed by atoms with Gasteiger partial charge in [0, 0.05) is 0 Å². The van der Waals surface area contributed by atoms with E-state index in [4.69, 9.17) is 95.2 Å². The maximum Gasteiger partial charge on any atom is 0.0997 e. The lowest BCUT2D eigenvalue weighted by Crippen LogP contribution is -2.00. The van der Waals surface area contributed by atoms with Gasteiger partial charge in [-0.3, -0.25) is 0 Å². The molecule has 0 aliphatic heterocycles. The number of rotatable bonds is 0. The third-order valence-electron chi connectivity index (χ3n) is 18.4. The summed E-state index contributed by atoms with van der Waals surface area (Å²) in [5.74, 6) is 0. The molecule has 0 saturated carbocycles. The van der Waals surface area contributed by atoms with Gasteiger partial charge in [-0.25, -0.2) is 0 Å². The smallest absolute Gasteiger partial charge is 0.0997 e. The minimum absolute atomic E-state index is 0.0515. The first-order valence-corrected chi connectivity index (χ1v) is 31.6. The molecule has 8 aromatic carbocycles. The Bertz CT molecular complexity index is 4810. The van der Waals surface area contributed by atoms with Crippen LogP contribution in [-0.4, -0.2) is 0 Å². The van der Waals surface area contributed by atoms with E-state index in [0.29, 0.717) is 111 Å². The number of hydrogen-bond donors (Lipinski definition) is 0. The molecule has 0 radical (unpaired) electrons.